The van der Waals surface area contributed by atoms with E-state index in [2.05, 4.69) is 0 Å². The molecule has 0 fully saturated rings. The molecule has 1 aliphatic heterocycles. The highest BCUT2D eigenvalue weighted by molar-refractivity contribution is 8.01. The van der Waals surface area contributed by atoms with E-state index in [1.165, 1.54) is 28.4 Å². The van der Waals surface area contributed by atoms with Crippen molar-refractivity contribution in [1.29, 1.82) is 0 Å². The average molecular weight is 358 g/mol. The van der Waals surface area contributed by atoms with E-state index in [1.807, 2.05) is 32.0 Å². The summed E-state index contributed by atoms with van der Waals surface area (Å²) in [4.78, 5) is 26.2. The number of ether oxygens (including phenoxy) is 1. The zero-order valence-electron chi connectivity index (χ0n) is 14.1. The molecule has 6 nitrogen and oxygen atoms in total. The number of urea groups is 1. The van der Waals surface area contributed by atoms with E-state index < -0.39 is 5.97 Å². The summed E-state index contributed by atoms with van der Waals surface area (Å²) in [6, 6.07) is 11.7. The third-order valence-electron chi connectivity index (χ3n) is 3.66. The van der Waals surface area contributed by atoms with Crippen LogP contribution in [-0.4, -0.2) is 30.3 Å². The van der Waals surface area contributed by atoms with E-state index in [-0.39, 0.29) is 17.7 Å². The van der Waals surface area contributed by atoms with Gasteiger partial charge in [-0.05, 0) is 62.2 Å². The van der Waals surface area contributed by atoms with Gasteiger partial charge in [0.1, 0.15) is 5.75 Å². The molecule has 0 bridgehead atoms. The fourth-order valence-corrected chi connectivity index (χ4v) is 3.50. The third-order valence-corrected chi connectivity index (χ3v) is 4.75. The Balaban J connectivity index is 1.91. The number of nitrogens with zero attached hydrogens (tertiary/aromatic N) is 2. The predicted molar refractivity (Wildman–Crippen MR) is 97.7 cm³/mol. The van der Waals surface area contributed by atoms with E-state index in [1.54, 1.807) is 24.1 Å². The molecule has 0 radical (unpaired) electrons. The maximum atomic E-state index is 12.7. The van der Waals surface area contributed by atoms with Crippen molar-refractivity contribution < 1.29 is 19.4 Å². The van der Waals surface area contributed by atoms with Gasteiger partial charge in [0.05, 0.1) is 27.9 Å². The Morgan fingerprint density at radius 1 is 1.16 bits per heavy atom. The monoisotopic (exact) mass is 358 g/mol. The van der Waals surface area contributed by atoms with Gasteiger partial charge in [0.25, 0.3) is 0 Å². The second kappa shape index (κ2) is 6.68. The summed E-state index contributed by atoms with van der Waals surface area (Å²) < 4.78 is 7.23. The van der Waals surface area contributed by atoms with E-state index in [0.29, 0.717) is 11.4 Å². The summed E-state index contributed by atoms with van der Waals surface area (Å²) in [5.74, 6) is -0.280. The zero-order valence-corrected chi connectivity index (χ0v) is 14.9. The van der Waals surface area contributed by atoms with E-state index in [0.717, 1.165) is 10.6 Å². The number of benzene rings is 2. The topological polar surface area (TPSA) is 70.1 Å². The van der Waals surface area contributed by atoms with Gasteiger partial charge >= 0.3 is 12.0 Å². The molecule has 2 amide bonds. The number of hydrogen-bond acceptors (Lipinski definition) is 4. The van der Waals surface area contributed by atoms with Gasteiger partial charge in [0.15, 0.2) is 0 Å². The number of carbonyl (C=O) groups excluding carboxylic acids is 1. The maximum Gasteiger partial charge on any atom is 0.339 e. The number of fused-ring (bicyclic) bond motifs is 1. The highest BCUT2D eigenvalue weighted by Crippen LogP contribution is 2.42. The lowest BCUT2D eigenvalue weighted by molar-refractivity contribution is 0.0697. The standard InChI is InChI=1S/C18H18N2O4S/c1-11(2)24-14-8-9-16-15(10-14)19(3)18(23)20(25-16)13-6-4-12(5-7-13)17(21)22/h4-11H,1-3H3,(H,21,22). The number of hydrogen-bond donors (Lipinski definition) is 1. The van der Waals surface area contributed by atoms with Crippen LogP contribution in [0.25, 0.3) is 0 Å². The molecule has 7 heteroatoms. The molecule has 1 aliphatic rings. The Morgan fingerprint density at radius 3 is 2.44 bits per heavy atom. The Kier molecular flexibility index (Phi) is 4.59. The molecule has 130 valence electrons. The highest BCUT2D eigenvalue weighted by Gasteiger charge is 2.30. The zero-order chi connectivity index (χ0) is 18.1. The smallest absolute Gasteiger partial charge is 0.339 e. The normalized spacial score (nSPS) is 13.8. The molecule has 0 saturated carbocycles. The molecule has 0 saturated heterocycles. The van der Waals surface area contributed by atoms with Crippen LogP contribution in [0.15, 0.2) is 47.4 Å². The molecule has 2 aromatic carbocycles. The molecular weight excluding hydrogens is 340 g/mol. The summed E-state index contributed by atoms with van der Waals surface area (Å²) in [6.45, 7) is 3.90. The first-order chi connectivity index (χ1) is 11.9. The van der Waals surface area contributed by atoms with Crippen LogP contribution >= 0.6 is 11.9 Å². The Labute approximate surface area is 150 Å². The third kappa shape index (κ3) is 3.41. The quantitative estimate of drug-likeness (QED) is 0.827. The first kappa shape index (κ1) is 17.2. The lowest BCUT2D eigenvalue weighted by Crippen LogP contribution is -2.40. The van der Waals surface area contributed by atoms with Crippen molar-refractivity contribution >= 4 is 35.3 Å². The fourth-order valence-electron chi connectivity index (χ4n) is 2.46. The number of aromatic carboxylic acids is 1. The molecule has 2 aromatic rings. The van der Waals surface area contributed by atoms with E-state index in [9.17, 15) is 9.59 Å². The summed E-state index contributed by atoms with van der Waals surface area (Å²) in [6.07, 6.45) is 0.0551. The van der Waals surface area contributed by atoms with Crippen LogP contribution in [0.4, 0.5) is 16.2 Å². The van der Waals surface area contributed by atoms with Crippen LogP contribution < -0.4 is 13.9 Å². The van der Waals surface area contributed by atoms with Crippen molar-refractivity contribution in [2.45, 2.75) is 24.8 Å². The fraction of sp³-hybridized carbons (Fsp3) is 0.222. The molecule has 0 unspecified atom stereocenters. The van der Waals surface area contributed by atoms with Crippen LogP contribution in [-0.2, 0) is 0 Å². The van der Waals surface area contributed by atoms with Crippen LogP contribution in [0.3, 0.4) is 0 Å². The molecule has 0 atom stereocenters. The molecule has 1 N–H and O–H groups in total. The van der Waals surface area contributed by atoms with Gasteiger partial charge in [-0.3, -0.25) is 4.90 Å². The van der Waals surface area contributed by atoms with Gasteiger partial charge in [-0.1, -0.05) is 0 Å². The van der Waals surface area contributed by atoms with Crippen LogP contribution in [0, 0.1) is 0 Å². The van der Waals surface area contributed by atoms with Gasteiger partial charge in [0, 0.05) is 13.1 Å². The van der Waals surface area contributed by atoms with Gasteiger partial charge in [-0.25, -0.2) is 13.9 Å². The van der Waals surface area contributed by atoms with Gasteiger partial charge in [-0.15, -0.1) is 0 Å². The maximum absolute atomic E-state index is 12.7. The first-order valence-electron chi connectivity index (χ1n) is 7.76. The first-order valence-corrected chi connectivity index (χ1v) is 8.54. The van der Waals surface area contributed by atoms with Crippen molar-refractivity contribution in [2.75, 3.05) is 16.3 Å². The average Bonchev–Trinajstić information content (AvgIpc) is 2.58. The lowest BCUT2D eigenvalue weighted by atomic mass is 10.2. The predicted octanol–water partition coefficient (Wildman–Crippen LogP) is 4.26. The van der Waals surface area contributed by atoms with Gasteiger partial charge < -0.3 is 9.84 Å². The molecule has 0 aromatic heterocycles. The number of carbonyl (C=O) groups is 2. The number of anilines is 2. The van der Waals surface area contributed by atoms with Crippen molar-refractivity contribution in [3.05, 3.63) is 48.0 Å². The Hall–Kier alpha value is -2.67. The number of amides is 2. The van der Waals surface area contributed by atoms with E-state index in [4.69, 9.17) is 9.84 Å². The van der Waals surface area contributed by atoms with Crippen molar-refractivity contribution in [3.8, 4) is 5.75 Å². The second-order valence-corrected chi connectivity index (χ2v) is 6.86. The minimum absolute atomic E-state index is 0.0551. The molecular formula is C18H18N2O4S. The number of rotatable bonds is 4. The molecule has 3 rings (SSSR count). The minimum atomic E-state index is -0.996. The summed E-state index contributed by atoms with van der Waals surface area (Å²) in [5.41, 5.74) is 1.59. The van der Waals surface area contributed by atoms with Crippen LogP contribution in [0.2, 0.25) is 0 Å². The summed E-state index contributed by atoms with van der Waals surface area (Å²) in [5, 5.41) is 8.99. The molecule has 0 spiro atoms. The highest BCUT2D eigenvalue weighted by atomic mass is 32.2. The van der Waals surface area contributed by atoms with Crippen molar-refractivity contribution in [1.82, 2.24) is 0 Å². The summed E-state index contributed by atoms with van der Waals surface area (Å²) in [7, 11) is 1.71. The number of carboxylic acid groups (broad SMARTS) is 1. The second-order valence-electron chi connectivity index (χ2n) is 5.88. The Bertz CT molecular complexity index is 820. The lowest BCUT2D eigenvalue weighted by Gasteiger charge is -2.34. The SMILES string of the molecule is CC(C)Oc1ccc2c(c1)N(C)C(=O)N(c1ccc(C(=O)O)cc1)S2. The Morgan fingerprint density at radius 2 is 1.84 bits per heavy atom. The minimum Gasteiger partial charge on any atom is -0.491 e. The molecule has 1 heterocycles. The van der Waals surface area contributed by atoms with E-state index >= 15 is 0 Å². The van der Waals surface area contributed by atoms with Crippen LogP contribution in [0.1, 0.15) is 24.2 Å². The summed E-state index contributed by atoms with van der Waals surface area (Å²) >= 11 is 1.30. The number of carboxylic acids is 1. The largest absolute Gasteiger partial charge is 0.491 e. The van der Waals surface area contributed by atoms with Crippen LogP contribution in [0.5, 0.6) is 5.75 Å². The van der Waals surface area contributed by atoms with Gasteiger partial charge in [-0.2, -0.15) is 0 Å². The van der Waals surface area contributed by atoms with Crippen molar-refractivity contribution in [3.63, 3.8) is 0 Å². The van der Waals surface area contributed by atoms with Gasteiger partial charge in [0.2, 0.25) is 0 Å². The van der Waals surface area contributed by atoms with Crippen molar-refractivity contribution in [2.24, 2.45) is 0 Å². The molecule has 25 heavy (non-hydrogen) atoms. The molecule has 0 aliphatic carbocycles.